The molecule has 1 saturated carbocycles. The third-order valence-corrected chi connectivity index (χ3v) is 5.01. The summed E-state index contributed by atoms with van der Waals surface area (Å²) in [5.74, 6) is -0.248. The lowest BCUT2D eigenvalue weighted by Crippen LogP contribution is -2.36. The second-order valence-corrected chi connectivity index (χ2v) is 6.59. The number of benzene rings is 1. The van der Waals surface area contributed by atoms with Crippen LogP contribution in [0.4, 0.5) is 0 Å². The maximum atomic E-state index is 12.2. The number of hydrogen-bond acceptors (Lipinski definition) is 4. The molecule has 6 heteroatoms. The molecule has 1 aliphatic carbocycles. The fourth-order valence-electron chi connectivity index (χ4n) is 2.40. The quantitative estimate of drug-likeness (QED) is 0.913. The molecule has 0 spiro atoms. The molecule has 0 amide bonds. The van der Waals surface area contributed by atoms with Gasteiger partial charge in [-0.2, -0.15) is 10.5 Å². The maximum Gasteiger partial charge on any atom is 0.240 e. The maximum absolute atomic E-state index is 12.2. The van der Waals surface area contributed by atoms with Gasteiger partial charge in [-0.25, -0.2) is 13.1 Å². The van der Waals surface area contributed by atoms with Gasteiger partial charge < -0.3 is 0 Å². The number of nitrogens with zero attached hydrogens (tertiary/aromatic N) is 2. The Hall–Kier alpha value is -1.89. The molecule has 2 rings (SSSR count). The van der Waals surface area contributed by atoms with Crippen LogP contribution in [0.3, 0.4) is 0 Å². The van der Waals surface area contributed by atoms with Crippen LogP contribution in [0.15, 0.2) is 29.2 Å². The zero-order chi connectivity index (χ0) is 14.6. The van der Waals surface area contributed by atoms with Crippen LogP contribution in [0.2, 0.25) is 0 Å². The Labute approximate surface area is 118 Å². The molecule has 0 bridgehead atoms. The molecule has 2 atom stereocenters. The first-order valence-electron chi connectivity index (χ1n) is 6.44. The van der Waals surface area contributed by atoms with E-state index in [9.17, 15) is 8.42 Å². The van der Waals surface area contributed by atoms with Crippen LogP contribution >= 0.6 is 0 Å². The van der Waals surface area contributed by atoms with Crippen molar-refractivity contribution >= 4 is 10.0 Å². The SMILES string of the molecule is N#CCc1ccc(S(=O)(=O)NC2CCCC2C#N)cc1. The lowest BCUT2D eigenvalue weighted by atomic mass is 10.1. The minimum atomic E-state index is -3.60. The van der Waals surface area contributed by atoms with Gasteiger partial charge in [0.1, 0.15) is 0 Å². The monoisotopic (exact) mass is 289 g/mol. The summed E-state index contributed by atoms with van der Waals surface area (Å²) in [5.41, 5.74) is 0.780. The van der Waals surface area contributed by atoms with E-state index in [1.807, 2.05) is 6.07 Å². The predicted octanol–water partition coefficient (Wildman–Crippen LogP) is 1.72. The molecule has 1 aliphatic rings. The van der Waals surface area contributed by atoms with Gasteiger partial charge in [0, 0.05) is 6.04 Å². The first-order chi connectivity index (χ1) is 9.56. The lowest BCUT2D eigenvalue weighted by molar-refractivity contribution is 0.515. The zero-order valence-electron chi connectivity index (χ0n) is 10.9. The van der Waals surface area contributed by atoms with Crippen LogP contribution < -0.4 is 4.72 Å². The van der Waals surface area contributed by atoms with Crippen molar-refractivity contribution in [2.75, 3.05) is 0 Å². The normalized spacial score (nSPS) is 22.1. The van der Waals surface area contributed by atoms with Crippen LogP contribution in [-0.2, 0) is 16.4 Å². The van der Waals surface area contributed by atoms with Gasteiger partial charge in [0.15, 0.2) is 0 Å². The highest BCUT2D eigenvalue weighted by molar-refractivity contribution is 7.89. The van der Waals surface area contributed by atoms with E-state index in [1.165, 1.54) is 12.1 Å². The molecule has 0 saturated heterocycles. The van der Waals surface area contributed by atoms with Crippen molar-refractivity contribution in [3.63, 3.8) is 0 Å². The van der Waals surface area contributed by atoms with Gasteiger partial charge in [-0.3, -0.25) is 0 Å². The van der Waals surface area contributed by atoms with E-state index < -0.39 is 10.0 Å². The average Bonchev–Trinajstić information content (AvgIpc) is 2.86. The highest BCUT2D eigenvalue weighted by Gasteiger charge is 2.31. The highest BCUT2D eigenvalue weighted by Crippen LogP contribution is 2.26. The van der Waals surface area contributed by atoms with Gasteiger partial charge in [0.05, 0.1) is 29.4 Å². The van der Waals surface area contributed by atoms with E-state index in [4.69, 9.17) is 10.5 Å². The Kier molecular flexibility index (Phi) is 4.39. The van der Waals surface area contributed by atoms with Crippen molar-refractivity contribution in [3.05, 3.63) is 29.8 Å². The van der Waals surface area contributed by atoms with Crippen LogP contribution in [-0.4, -0.2) is 14.5 Å². The van der Waals surface area contributed by atoms with Gasteiger partial charge >= 0.3 is 0 Å². The molecule has 20 heavy (non-hydrogen) atoms. The molecule has 104 valence electrons. The van der Waals surface area contributed by atoms with E-state index in [0.29, 0.717) is 6.42 Å². The van der Waals surface area contributed by atoms with Gasteiger partial charge in [0.25, 0.3) is 0 Å². The van der Waals surface area contributed by atoms with Gasteiger partial charge in [0.2, 0.25) is 10.0 Å². The summed E-state index contributed by atoms with van der Waals surface area (Å²) in [6.45, 7) is 0. The molecular weight excluding hydrogens is 274 g/mol. The second-order valence-electron chi connectivity index (χ2n) is 4.87. The third-order valence-electron chi connectivity index (χ3n) is 3.51. The smallest absolute Gasteiger partial charge is 0.207 e. The summed E-state index contributed by atoms with van der Waals surface area (Å²) < 4.78 is 27.1. The summed E-state index contributed by atoms with van der Waals surface area (Å²) in [6, 6.07) is 10.1. The average molecular weight is 289 g/mol. The van der Waals surface area contributed by atoms with E-state index in [1.54, 1.807) is 12.1 Å². The summed E-state index contributed by atoms with van der Waals surface area (Å²) in [5, 5.41) is 17.6. The Morgan fingerprint density at radius 3 is 2.50 bits per heavy atom. The van der Waals surface area contributed by atoms with Gasteiger partial charge in [-0.15, -0.1) is 0 Å². The number of sulfonamides is 1. The van der Waals surface area contributed by atoms with Crippen molar-refractivity contribution < 1.29 is 8.42 Å². The Morgan fingerprint density at radius 2 is 1.90 bits per heavy atom. The number of rotatable bonds is 4. The topological polar surface area (TPSA) is 93.8 Å². The van der Waals surface area contributed by atoms with Gasteiger partial charge in [-0.05, 0) is 30.5 Å². The molecule has 5 nitrogen and oxygen atoms in total. The highest BCUT2D eigenvalue weighted by atomic mass is 32.2. The van der Waals surface area contributed by atoms with Crippen molar-refractivity contribution in [2.24, 2.45) is 5.92 Å². The minimum absolute atomic E-state index is 0.169. The number of hydrogen-bond donors (Lipinski definition) is 1. The Morgan fingerprint density at radius 1 is 1.20 bits per heavy atom. The number of nitriles is 2. The Bertz CT molecular complexity index is 653. The first kappa shape index (κ1) is 14.5. The molecule has 0 aliphatic heterocycles. The van der Waals surface area contributed by atoms with Crippen molar-refractivity contribution in [1.82, 2.24) is 4.72 Å². The molecule has 0 aromatic heterocycles. The molecule has 1 N–H and O–H groups in total. The van der Waals surface area contributed by atoms with E-state index in [2.05, 4.69) is 10.8 Å². The van der Waals surface area contributed by atoms with Crippen molar-refractivity contribution in [2.45, 2.75) is 36.6 Å². The lowest BCUT2D eigenvalue weighted by Gasteiger charge is -2.15. The van der Waals surface area contributed by atoms with E-state index in [-0.39, 0.29) is 23.3 Å². The molecule has 1 fully saturated rings. The summed E-state index contributed by atoms with van der Waals surface area (Å²) in [4.78, 5) is 0.169. The summed E-state index contributed by atoms with van der Waals surface area (Å²) >= 11 is 0. The van der Waals surface area contributed by atoms with E-state index in [0.717, 1.165) is 18.4 Å². The van der Waals surface area contributed by atoms with Gasteiger partial charge in [-0.1, -0.05) is 18.6 Å². The van der Waals surface area contributed by atoms with Crippen molar-refractivity contribution in [3.8, 4) is 12.1 Å². The van der Waals surface area contributed by atoms with Crippen molar-refractivity contribution in [1.29, 1.82) is 10.5 Å². The fourth-order valence-corrected chi connectivity index (χ4v) is 3.71. The minimum Gasteiger partial charge on any atom is -0.207 e. The fraction of sp³-hybridized carbons (Fsp3) is 0.429. The molecule has 1 aromatic rings. The summed E-state index contributed by atoms with van der Waals surface area (Å²) in [6.07, 6.45) is 2.56. The van der Waals surface area contributed by atoms with Crippen LogP contribution in [0, 0.1) is 28.6 Å². The summed E-state index contributed by atoms with van der Waals surface area (Å²) in [7, 11) is -3.60. The van der Waals surface area contributed by atoms with Crippen LogP contribution in [0.25, 0.3) is 0 Å². The molecule has 0 radical (unpaired) electrons. The van der Waals surface area contributed by atoms with Crippen LogP contribution in [0.1, 0.15) is 24.8 Å². The van der Waals surface area contributed by atoms with Crippen LogP contribution in [0.5, 0.6) is 0 Å². The predicted molar refractivity (Wildman–Crippen MR) is 72.8 cm³/mol. The largest absolute Gasteiger partial charge is 0.240 e. The van der Waals surface area contributed by atoms with E-state index >= 15 is 0 Å². The second kappa shape index (κ2) is 6.04. The zero-order valence-corrected chi connectivity index (χ0v) is 11.7. The molecule has 1 aromatic carbocycles. The standard InChI is InChI=1S/C14H15N3O2S/c15-9-8-11-4-6-13(7-5-11)20(18,19)17-14-3-1-2-12(14)10-16/h4-7,12,14,17H,1-3,8H2. The molecule has 2 unspecified atom stereocenters. The number of nitrogens with one attached hydrogen (secondary N) is 1. The molecule has 0 heterocycles. The third kappa shape index (κ3) is 3.16. The Balaban J connectivity index is 2.14. The molecular formula is C14H15N3O2S. The first-order valence-corrected chi connectivity index (χ1v) is 7.93.